The summed E-state index contributed by atoms with van der Waals surface area (Å²) in [5.41, 5.74) is 0.537. The molecule has 5 nitrogen and oxygen atoms in total. The van der Waals surface area contributed by atoms with Gasteiger partial charge in [-0.15, -0.1) is 0 Å². The summed E-state index contributed by atoms with van der Waals surface area (Å²) >= 11 is 0. The first-order chi connectivity index (χ1) is 10.9. The first-order valence-electron chi connectivity index (χ1n) is 8.04. The topological polar surface area (TPSA) is 51.7 Å². The van der Waals surface area contributed by atoms with Crippen molar-refractivity contribution in [1.82, 2.24) is 9.88 Å². The Labute approximate surface area is 138 Å². The van der Waals surface area contributed by atoms with Crippen molar-refractivity contribution in [3.63, 3.8) is 0 Å². The van der Waals surface area contributed by atoms with E-state index in [4.69, 9.17) is 9.47 Å². The number of methoxy groups -OCH3 is 1. The molecule has 0 radical (unpaired) electrons. The number of ether oxygens (including phenoxy) is 2. The number of nitrogens with zero attached hydrogens (tertiary/aromatic N) is 2. The van der Waals surface area contributed by atoms with Crippen LogP contribution >= 0.6 is 0 Å². The molecule has 126 valence electrons. The van der Waals surface area contributed by atoms with Crippen LogP contribution in [0.4, 0.5) is 4.79 Å². The second kappa shape index (κ2) is 7.49. The van der Waals surface area contributed by atoms with Gasteiger partial charge in [-0.3, -0.25) is 0 Å². The van der Waals surface area contributed by atoms with Crippen molar-refractivity contribution in [2.24, 2.45) is 5.92 Å². The smallest absolute Gasteiger partial charge is 0.410 e. The van der Waals surface area contributed by atoms with E-state index in [2.05, 4.69) is 17.1 Å². The minimum absolute atomic E-state index is 0.214. The summed E-state index contributed by atoms with van der Waals surface area (Å²) in [5.74, 6) is 1.09. The van der Waals surface area contributed by atoms with E-state index in [0.29, 0.717) is 11.8 Å². The number of piperidine rings is 1. The third-order valence-corrected chi connectivity index (χ3v) is 3.73. The quantitative estimate of drug-likeness (QED) is 0.851. The molecule has 1 fully saturated rings. The zero-order chi connectivity index (χ0) is 16.9. The van der Waals surface area contributed by atoms with Crippen molar-refractivity contribution in [1.29, 1.82) is 0 Å². The van der Waals surface area contributed by atoms with E-state index in [-0.39, 0.29) is 6.09 Å². The van der Waals surface area contributed by atoms with Gasteiger partial charge in [-0.25, -0.2) is 9.78 Å². The molecule has 0 bridgehead atoms. The second-order valence-electron chi connectivity index (χ2n) is 6.77. The molecule has 1 aromatic heterocycles. The molecular formula is C18H26N2O3. The van der Waals surface area contributed by atoms with Gasteiger partial charge in [0.2, 0.25) is 5.88 Å². The lowest BCUT2D eigenvalue weighted by Crippen LogP contribution is -2.41. The van der Waals surface area contributed by atoms with Crippen LogP contribution in [0.3, 0.4) is 0 Å². The number of amides is 1. The van der Waals surface area contributed by atoms with Crippen molar-refractivity contribution in [3.05, 3.63) is 30.0 Å². The second-order valence-corrected chi connectivity index (χ2v) is 6.77. The molecule has 0 saturated carbocycles. The van der Waals surface area contributed by atoms with Gasteiger partial charge in [-0.2, -0.15) is 0 Å². The van der Waals surface area contributed by atoms with Gasteiger partial charge in [0.15, 0.2) is 0 Å². The van der Waals surface area contributed by atoms with Gasteiger partial charge in [0, 0.05) is 24.8 Å². The average molecular weight is 318 g/mol. The van der Waals surface area contributed by atoms with Crippen LogP contribution in [0.2, 0.25) is 0 Å². The first-order valence-corrected chi connectivity index (χ1v) is 8.04. The largest absolute Gasteiger partial charge is 0.481 e. The van der Waals surface area contributed by atoms with Crippen LogP contribution in [0.5, 0.6) is 5.88 Å². The summed E-state index contributed by atoms with van der Waals surface area (Å²) in [6.45, 7) is 7.13. The van der Waals surface area contributed by atoms with E-state index >= 15 is 0 Å². The molecule has 5 heteroatoms. The SMILES string of the molecule is COc1ncccc1/C=C/C1CCN(C(=O)OC(C)(C)C)CC1. The summed E-state index contributed by atoms with van der Waals surface area (Å²) in [4.78, 5) is 18.0. The van der Waals surface area contributed by atoms with Crippen molar-refractivity contribution in [2.45, 2.75) is 39.2 Å². The van der Waals surface area contributed by atoms with Gasteiger partial charge in [0.25, 0.3) is 0 Å². The predicted molar refractivity (Wildman–Crippen MR) is 90.4 cm³/mol. The van der Waals surface area contributed by atoms with Gasteiger partial charge < -0.3 is 14.4 Å². The number of aromatic nitrogens is 1. The average Bonchev–Trinajstić information content (AvgIpc) is 2.52. The maximum atomic E-state index is 12.0. The molecule has 23 heavy (non-hydrogen) atoms. The van der Waals surface area contributed by atoms with Gasteiger partial charge in [-0.05, 0) is 51.7 Å². The molecule has 0 aromatic carbocycles. The van der Waals surface area contributed by atoms with Crippen LogP contribution in [0, 0.1) is 5.92 Å². The highest BCUT2D eigenvalue weighted by atomic mass is 16.6. The van der Waals surface area contributed by atoms with Gasteiger partial charge in [0.05, 0.1) is 7.11 Å². The zero-order valence-corrected chi connectivity index (χ0v) is 14.4. The van der Waals surface area contributed by atoms with Crippen molar-refractivity contribution in [3.8, 4) is 5.88 Å². The Kier molecular flexibility index (Phi) is 5.64. The molecule has 1 aromatic rings. The molecule has 1 aliphatic heterocycles. The number of hydrogen-bond acceptors (Lipinski definition) is 4. The van der Waals surface area contributed by atoms with Crippen LogP contribution in [-0.2, 0) is 4.74 Å². The fourth-order valence-corrected chi connectivity index (χ4v) is 2.54. The number of carbonyl (C=O) groups is 1. The lowest BCUT2D eigenvalue weighted by Gasteiger charge is -2.32. The van der Waals surface area contributed by atoms with E-state index in [0.717, 1.165) is 31.5 Å². The highest BCUT2D eigenvalue weighted by Gasteiger charge is 2.25. The highest BCUT2D eigenvalue weighted by molar-refractivity contribution is 5.68. The Morgan fingerprint density at radius 2 is 2.04 bits per heavy atom. The highest BCUT2D eigenvalue weighted by Crippen LogP contribution is 2.23. The van der Waals surface area contributed by atoms with E-state index in [1.165, 1.54) is 0 Å². The molecule has 1 aliphatic rings. The molecule has 0 spiro atoms. The van der Waals surface area contributed by atoms with Gasteiger partial charge in [0.1, 0.15) is 5.60 Å². The van der Waals surface area contributed by atoms with Crippen LogP contribution in [-0.4, -0.2) is 41.8 Å². The number of hydrogen-bond donors (Lipinski definition) is 0. The summed E-state index contributed by atoms with van der Waals surface area (Å²) in [6.07, 6.45) is 7.63. The van der Waals surface area contributed by atoms with E-state index in [1.54, 1.807) is 18.2 Å². The Bertz CT molecular complexity index is 556. The number of allylic oxidation sites excluding steroid dienone is 1. The maximum absolute atomic E-state index is 12.0. The standard InChI is InChI=1S/C18H26N2O3/c1-18(2,3)23-17(21)20-12-9-14(10-13-20)7-8-15-6-5-11-19-16(15)22-4/h5-8,11,14H,9-10,12-13H2,1-4H3/b8-7+. The molecule has 2 rings (SSSR count). The van der Waals surface area contributed by atoms with Gasteiger partial charge >= 0.3 is 6.09 Å². The number of likely N-dealkylation sites (tertiary alicyclic amines) is 1. The summed E-state index contributed by atoms with van der Waals surface area (Å²) in [7, 11) is 1.62. The van der Waals surface area contributed by atoms with Gasteiger partial charge in [-0.1, -0.05) is 12.2 Å². The first kappa shape index (κ1) is 17.3. The predicted octanol–water partition coefficient (Wildman–Crippen LogP) is 3.75. The van der Waals surface area contributed by atoms with E-state index in [9.17, 15) is 4.79 Å². The molecule has 2 heterocycles. The maximum Gasteiger partial charge on any atom is 0.410 e. The lowest BCUT2D eigenvalue weighted by molar-refractivity contribution is 0.0197. The van der Waals surface area contributed by atoms with Crippen molar-refractivity contribution in [2.75, 3.05) is 20.2 Å². The van der Waals surface area contributed by atoms with Crippen LogP contribution in [0.1, 0.15) is 39.2 Å². The van der Waals surface area contributed by atoms with Crippen molar-refractivity contribution < 1.29 is 14.3 Å². The van der Waals surface area contributed by atoms with Crippen LogP contribution < -0.4 is 4.74 Å². The van der Waals surface area contributed by atoms with E-state index in [1.807, 2.05) is 32.9 Å². The van der Waals surface area contributed by atoms with Crippen LogP contribution in [0.25, 0.3) is 6.08 Å². The Morgan fingerprint density at radius 1 is 1.35 bits per heavy atom. The molecule has 0 atom stereocenters. The number of rotatable bonds is 3. The number of pyridine rings is 1. The molecule has 0 unspecified atom stereocenters. The summed E-state index contributed by atoms with van der Waals surface area (Å²) < 4.78 is 10.7. The third-order valence-electron chi connectivity index (χ3n) is 3.73. The number of carbonyl (C=O) groups excluding carboxylic acids is 1. The Balaban J connectivity index is 1.87. The molecule has 0 N–H and O–H groups in total. The zero-order valence-electron chi connectivity index (χ0n) is 14.4. The minimum atomic E-state index is -0.440. The van der Waals surface area contributed by atoms with E-state index < -0.39 is 5.60 Å². The monoisotopic (exact) mass is 318 g/mol. The summed E-state index contributed by atoms with van der Waals surface area (Å²) in [6, 6.07) is 3.88. The normalized spacial score (nSPS) is 16.6. The summed E-state index contributed by atoms with van der Waals surface area (Å²) in [5, 5.41) is 0. The fraction of sp³-hybridized carbons (Fsp3) is 0.556. The third kappa shape index (κ3) is 5.27. The molecular weight excluding hydrogens is 292 g/mol. The molecule has 1 saturated heterocycles. The molecule has 0 aliphatic carbocycles. The Hall–Kier alpha value is -2.04. The Morgan fingerprint density at radius 3 is 2.65 bits per heavy atom. The molecule has 1 amide bonds. The fourth-order valence-electron chi connectivity index (χ4n) is 2.54. The minimum Gasteiger partial charge on any atom is -0.481 e. The van der Waals surface area contributed by atoms with Crippen LogP contribution in [0.15, 0.2) is 24.4 Å². The lowest BCUT2D eigenvalue weighted by atomic mass is 9.96. The van der Waals surface area contributed by atoms with Crippen molar-refractivity contribution >= 4 is 12.2 Å².